The van der Waals surface area contributed by atoms with Crippen LogP contribution in [0.1, 0.15) is 19.4 Å². The fraction of sp³-hybridized carbons (Fsp3) is 0.364. The lowest BCUT2D eigenvalue weighted by atomic mass is 9.86. The van der Waals surface area contributed by atoms with Gasteiger partial charge in [0, 0.05) is 3.57 Å². The third-order valence-electron chi connectivity index (χ3n) is 2.14. The number of carboxylic acid groups (broad SMARTS) is 1. The van der Waals surface area contributed by atoms with Gasteiger partial charge in [0.2, 0.25) is 0 Å². The van der Waals surface area contributed by atoms with Crippen LogP contribution in [0.4, 0.5) is 0 Å². The molecule has 0 saturated carbocycles. The maximum absolute atomic E-state index is 10.9. The monoisotopic (exact) mass is 304 g/mol. The van der Waals surface area contributed by atoms with Gasteiger partial charge in [-0.2, -0.15) is 0 Å². The summed E-state index contributed by atoms with van der Waals surface area (Å²) in [7, 11) is 0. The molecule has 0 saturated heterocycles. The summed E-state index contributed by atoms with van der Waals surface area (Å²) in [5.41, 5.74) is 0.380. The molecule has 1 rings (SSSR count). The van der Waals surface area contributed by atoms with E-state index in [9.17, 15) is 4.79 Å². The molecular weight excluding hydrogens is 291 g/mol. The molecule has 0 radical (unpaired) electrons. The summed E-state index contributed by atoms with van der Waals surface area (Å²) < 4.78 is 1.17. The zero-order valence-corrected chi connectivity index (χ0v) is 10.4. The van der Waals surface area contributed by atoms with E-state index < -0.39 is 11.4 Å². The molecule has 1 aromatic rings. The minimum Gasteiger partial charge on any atom is -0.481 e. The number of benzene rings is 1. The molecule has 14 heavy (non-hydrogen) atoms. The SMILES string of the molecule is CC(C)(Cc1ccc(I)cc1)C(=O)O. The predicted molar refractivity (Wildman–Crippen MR) is 64.3 cm³/mol. The predicted octanol–water partition coefficient (Wildman–Crippen LogP) is 2.94. The minimum atomic E-state index is -0.754. The van der Waals surface area contributed by atoms with Crippen molar-refractivity contribution in [3.63, 3.8) is 0 Å². The molecule has 1 N–H and O–H groups in total. The largest absolute Gasteiger partial charge is 0.481 e. The first-order valence-electron chi connectivity index (χ1n) is 4.40. The van der Waals surface area contributed by atoms with E-state index in [1.54, 1.807) is 13.8 Å². The van der Waals surface area contributed by atoms with Gasteiger partial charge in [0.25, 0.3) is 0 Å². The van der Waals surface area contributed by atoms with Crippen LogP contribution in [0.15, 0.2) is 24.3 Å². The standard InChI is InChI=1S/C11H13IO2/c1-11(2,10(13)14)7-8-3-5-9(12)6-4-8/h3-6H,7H2,1-2H3,(H,13,14). The first-order valence-corrected chi connectivity index (χ1v) is 5.47. The smallest absolute Gasteiger partial charge is 0.309 e. The lowest BCUT2D eigenvalue weighted by Crippen LogP contribution is -2.26. The second-order valence-electron chi connectivity index (χ2n) is 3.99. The molecule has 0 amide bonds. The van der Waals surface area contributed by atoms with Crippen molar-refractivity contribution in [3.8, 4) is 0 Å². The van der Waals surface area contributed by atoms with E-state index in [0.29, 0.717) is 6.42 Å². The Bertz CT molecular complexity index is 328. The summed E-state index contributed by atoms with van der Waals surface area (Å²) in [5.74, 6) is -0.754. The number of rotatable bonds is 3. The highest BCUT2D eigenvalue weighted by molar-refractivity contribution is 14.1. The molecule has 0 aliphatic rings. The second-order valence-corrected chi connectivity index (χ2v) is 5.24. The van der Waals surface area contributed by atoms with Gasteiger partial charge in [0.15, 0.2) is 0 Å². The fourth-order valence-electron chi connectivity index (χ4n) is 1.19. The number of carboxylic acids is 1. The molecular formula is C11H13IO2. The van der Waals surface area contributed by atoms with Crippen molar-refractivity contribution in [2.24, 2.45) is 5.41 Å². The van der Waals surface area contributed by atoms with Gasteiger partial charge in [-0.3, -0.25) is 4.79 Å². The Morgan fingerprint density at radius 3 is 2.29 bits per heavy atom. The van der Waals surface area contributed by atoms with Crippen molar-refractivity contribution >= 4 is 28.6 Å². The van der Waals surface area contributed by atoms with Gasteiger partial charge in [-0.25, -0.2) is 0 Å². The van der Waals surface area contributed by atoms with Gasteiger partial charge in [-0.1, -0.05) is 12.1 Å². The van der Waals surface area contributed by atoms with E-state index in [-0.39, 0.29) is 0 Å². The highest BCUT2D eigenvalue weighted by Gasteiger charge is 2.27. The first kappa shape index (κ1) is 11.5. The lowest BCUT2D eigenvalue weighted by molar-refractivity contribution is -0.146. The summed E-state index contributed by atoms with van der Waals surface area (Å²) in [6.07, 6.45) is 0.569. The van der Waals surface area contributed by atoms with E-state index in [2.05, 4.69) is 22.6 Å². The number of carbonyl (C=O) groups is 1. The van der Waals surface area contributed by atoms with Crippen LogP contribution in [-0.2, 0) is 11.2 Å². The van der Waals surface area contributed by atoms with Crippen molar-refractivity contribution in [3.05, 3.63) is 33.4 Å². The summed E-state index contributed by atoms with van der Waals surface area (Å²) >= 11 is 2.23. The van der Waals surface area contributed by atoms with Crippen molar-refractivity contribution < 1.29 is 9.90 Å². The van der Waals surface area contributed by atoms with Crippen LogP contribution in [0, 0.1) is 8.99 Å². The van der Waals surface area contributed by atoms with Crippen molar-refractivity contribution in [1.82, 2.24) is 0 Å². The van der Waals surface area contributed by atoms with E-state index in [4.69, 9.17) is 5.11 Å². The van der Waals surface area contributed by atoms with Crippen LogP contribution in [0.3, 0.4) is 0 Å². The topological polar surface area (TPSA) is 37.3 Å². The Balaban J connectivity index is 2.79. The zero-order valence-electron chi connectivity index (χ0n) is 8.25. The lowest BCUT2D eigenvalue weighted by Gasteiger charge is -2.18. The van der Waals surface area contributed by atoms with Crippen molar-refractivity contribution in [2.45, 2.75) is 20.3 Å². The van der Waals surface area contributed by atoms with Crippen LogP contribution in [0.2, 0.25) is 0 Å². The molecule has 0 atom stereocenters. The molecule has 0 aliphatic heterocycles. The third kappa shape index (κ3) is 2.97. The molecule has 0 heterocycles. The van der Waals surface area contributed by atoms with Crippen LogP contribution in [0.5, 0.6) is 0 Å². The van der Waals surface area contributed by atoms with E-state index in [1.165, 1.54) is 3.57 Å². The third-order valence-corrected chi connectivity index (χ3v) is 2.86. The van der Waals surface area contributed by atoms with Crippen LogP contribution in [-0.4, -0.2) is 11.1 Å². The highest BCUT2D eigenvalue weighted by atomic mass is 127. The zero-order chi connectivity index (χ0) is 10.8. The first-order chi connectivity index (χ1) is 6.42. The van der Waals surface area contributed by atoms with Crippen LogP contribution in [0.25, 0.3) is 0 Å². The van der Waals surface area contributed by atoms with Gasteiger partial charge in [-0.15, -0.1) is 0 Å². The minimum absolute atomic E-state index is 0.569. The van der Waals surface area contributed by atoms with Crippen LogP contribution < -0.4 is 0 Å². The van der Waals surface area contributed by atoms with E-state index in [0.717, 1.165) is 5.56 Å². The Morgan fingerprint density at radius 2 is 1.86 bits per heavy atom. The Labute approximate surface area is 97.5 Å². The van der Waals surface area contributed by atoms with Gasteiger partial charge >= 0.3 is 5.97 Å². The molecule has 0 unspecified atom stereocenters. The summed E-state index contributed by atoms with van der Waals surface area (Å²) in [6.45, 7) is 3.49. The molecule has 0 aromatic heterocycles. The van der Waals surface area contributed by atoms with Gasteiger partial charge < -0.3 is 5.11 Å². The Kier molecular flexibility index (Phi) is 3.53. The molecule has 0 aliphatic carbocycles. The summed E-state index contributed by atoms with van der Waals surface area (Å²) in [5, 5.41) is 8.96. The number of hydrogen-bond acceptors (Lipinski definition) is 1. The average molecular weight is 304 g/mol. The quantitative estimate of drug-likeness (QED) is 0.872. The molecule has 76 valence electrons. The number of aliphatic carboxylic acids is 1. The van der Waals surface area contributed by atoms with Crippen LogP contribution >= 0.6 is 22.6 Å². The average Bonchev–Trinajstić information content (AvgIpc) is 2.08. The fourth-order valence-corrected chi connectivity index (χ4v) is 1.55. The number of halogens is 1. The second kappa shape index (κ2) is 4.29. The van der Waals surface area contributed by atoms with Gasteiger partial charge in [0.1, 0.15) is 0 Å². The maximum Gasteiger partial charge on any atom is 0.309 e. The molecule has 3 heteroatoms. The van der Waals surface area contributed by atoms with Gasteiger partial charge in [-0.05, 0) is 60.6 Å². The summed E-state index contributed by atoms with van der Waals surface area (Å²) in [4.78, 5) is 10.9. The Morgan fingerprint density at radius 1 is 1.36 bits per heavy atom. The summed E-state index contributed by atoms with van der Waals surface area (Å²) in [6, 6.07) is 7.95. The molecule has 0 bridgehead atoms. The van der Waals surface area contributed by atoms with E-state index in [1.807, 2.05) is 24.3 Å². The molecule has 0 spiro atoms. The number of hydrogen-bond donors (Lipinski definition) is 1. The van der Waals surface area contributed by atoms with E-state index >= 15 is 0 Å². The normalized spacial score (nSPS) is 11.4. The molecule has 0 fully saturated rings. The van der Waals surface area contributed by atoms with Crippen molar-refractivity contribution in [2.75, 3.05) is 0 Å². The Hall–Kier alpha value is -0.580. The molecule has 2 nitrogen and oxygen atoms in total. The highest BCUT2D eigenvalue weighted by Crippen LogP contribution is 2.22. The maximum atomic E-state index is 10.9. The van der Waals surface area contributed by atoms with Gasteiger partial charge in [0.05, 0.1) is 5.41 Å². The molecule has 1 aromatic carbocycles. The van der Waals surface area contributed by atoms with Crippen molar-refractivity contribution in [1.29, 1.82) is 0 Å².